The molecule has 0 aliphatic rings. The van der Waals surface area contributed by atoms with Gasteiger partial charge in [0.05, 0.1) is 9.79 Å². The van der Waals surface area contributed by atoms with E-state index >= 15 is 0 Å². The molecule has 0 amide bonds. The van der Waals surface area contributed by atoms with Crippen LogP contribution in [0.25, 0.3) is 0 Å². The molecule has 0 fully saturated rings. The molecule has 0 unspecified atom stereocenters. The average molecular weight is 360 g/mol. The molecule has 0 bridgehead atoms. The van der Waals surface area contributed by atoms with Crippen LogP contribution in [0.15, 0.2) is 82.6 Å². The summed E-state index contributed by atoms with van der Waals surface area (Å²) in [5.74, 6) is 0.356. The molecule has 0 radical (unpaired) electrons. The third kappa shape index (κ3) is 4.89. The van der Waals surface area contributed by atoms with Crippen LogP contribution in [-0.2, 0) is 9.84 Å². The number of benzene rings is 3. The van der Waals surface area contributed by atoms with Crippen molar-refractivity contribution in [2.24, 2.45) is 0 Å². The number of sulfone groups is 1. The van der Waals surface area contributed by atoms with Crippen LogP contribution in [0.2, 0.25) is 0 Å². The van der Waals surface area contributed by atoms with Gasteiger partial charge in [0.2, 0.25) is 9.84 Å². The molecule has 4 N–H and O–H groups in total. The zero-order valence-electron chi connectivity index (χ0n) is 12.9. The Morgan fingerprint density at radius 2 is 0.640 bits per heavy atom. The van der Waals surface area contributed by atoms with E-state index in [1.165, 1.54) is 72.8 Å². The first-order valence-electron chi connectivity index (χ1n) is 7.10. The summed E-state index contributed by atoms with van der Waals surface area (Å²) in [6, 6.07) is 16.3. The lowest BCUT2D eigenvalue weighted by Crippen LogP contribution is -2.01. The van der Waals surface area contributed by atoms with Crippen LogP contribution in [0.4, 0.5) is 0 Å². The first kappa shape index (κ1) is 18.2. The highest BCUT2D eigenvalue weighted by atomic mass is 32.2. The first-order chi connectivity index (χ1) is 11.8. The van der Waals surface area contributed by atoms with Gasteiger partial charge in [-0.1, -0.05) is 0 Å². The zero-order valence-corrected chi connectivity index (χ0v) is 13.8. The van der Waals surface area contributed by atoms with Crippen molar-refractivity contribution in [3.8, 4) is 23.0 Å². The Morgan fingerprint density at radius 1 is 0.440 bits per heavy atom. The van der Waals surface area contributed by atoms with Gasteiger partial charge in [0.15, 0.2) is 0 Å². The lowest BCUT2D eigenvalue weighted by atomic mass is 10.3. The Bertz CT molecular complexity index is 842. The molecule has 7 heteroatoms. The van der Waals surface area contributed by atoms with Gasteiger partial charge in [0.1, 0.15) is 23.0 Å². The van der Waals surface area contributed by atoms with Crippen molar-refractivity contribution in [1.82, 2.24) is 0 Å². The van der Waals surface area contributed by atoms with Gasteiger partial charge in [-0.25, -0.2) is 8.42 Å². The van der Waals surface area contributed by atoms with Gasteiger partial charge in [0, 0.05) is 0 Å². The highest BCUT2D eigenvalue weighted by Crippen LogP contribution is 2.23. The van der Waals surface area contributed by atoms with E-state index in [4.69, 9.17) is 20.4 Å². The lowest BCUT2D eigenvalue weighted by molar-refractivity contribution is 0.460. The van der Waals surface area contributed by atoms with Gasteiger partial charge < -0.3 is 20.4 Å². The van der Waals surface area contributed by atoms with E-state index in [0.717, 1.165) is 0 Å². The normalized spacial score (nSPS) is 10.6. The fraction of sp³-hybridized carbons (Fsp3) is 0. The SMILES string of the molecule is O=S(=O)(c1ccc(O)cc1)c1ccc(O)cc1.Oc1ccc(O)cc1. The molecule has 0 saturated carbocycles. The molecule has 3 aromatic carbocycles. The van der Waals surface area contributed by atoms with Crippen LogP contribution in [0.1, 0.15) is 0 Å². The number of rotatable bonds is 2. The van der Waals surface area contributed by atoms with Crippen molar-refractivity contribution in [3.05, 3.63) is 72.8 Å². The predicted octanol–water partition coefficient (Wildman–Crippen LogP) is 3.03. The van der Waals surface area contributed by atoms with Crippen LogP contribution in [0.3, 0.4) is 0 Å². The molecule has 0 spiro atoms. The van der Waals surface area contributed by atoms with Crippen LogP contribution >= 0.6 is 0 Å². The Morgan fingerprint density at radius 3 is 0.880 bits per heavy atom. The van der Waals surface area contributed by atoms with Crippen molar-refractivity contribution in [1.29, 1.82) is 0 Å². The Kier molecular flexibility index (Phi) is 5.51. The topological polar surface area (TPSA) is 115 Å². The average Bonchev–Trinajstić information content (AvgIpc) is 2.59. The highest BCUT2D eigenvalue weighted by Gasteiger charge is 2.17. The minimum atomic E-state index is -3.59. The van der Waals surface area contributed by atoms with E-state index in [2.05, 4.69) is 0 Å². The lowest BCUT2D eigenvalue weighted by Gasteiger charge is -2.04. The highest BCUT2D eigenvalue weighted by molar-refractivity contribution is 7.91. The summed E-state index contributed by atoms with van der Waals surface area (Å²) in [4.78, 5) is 0.196. The van der Waals surface area contributed by atoms with Crippen molar-refractivity contribution in [3.63, 3.8) is 0 Å². The zero-order chi connectivity index (χ0) is 18.4. The van der Waals surface area contributed by atoms with E-state index in [-0.39, 0.29) is 32.8 Å². The molecule has 6 nitrogen and oxygen atoms in total. The maximum absolute atomic E-state index is 12.1. The van der Waals surface area contributed by atoms with Crippen molar-refractivity contribution in [2.75, 3.05) is 0 Å². The fourth-order valence-electron chi connectivity index (χ4n) is 1.84. The van der Waals surface area contributed by atoms with Crippen LogP contribution in [0, 0.1) is 0 Å². The minimum absolute atomic E-state index is 0.00894. The van der Waals surface area contributed by atoms with E-state index in [9.17, 15) is 8.42 Å². The monoisotopic (exact) mass is 360 g/mol. The van der Waals surface area contributed by atoms with Gasteiger partial charge >= 0.3 is 0 Å². The summed E-state index contributed by atoms with van der Waals surface area (Å²) >= 11 is 0. The molecule has 0 heterocycles. The van der Waals surface area contributed by atoms with E-state index < -0.39 is 9.84 Å². The molecule has 0 saturated heterocycles. The van der Waals surface area contributed by atoms with Gasteiger partial charge in [-0.3, -0.25) is 0 Å². The molecule has 3 rings (SSSR count). The maximum atomic E-state index is 12.1. The third-order valence-electron chi connectivity index (χ3n) is 3.14. The quantitative estimate of drug-likeness (QED) is 0.522. The number of phenolic OH excluding ortho intramolecular Hbond substituents is 4. The molecule has 0 aliphatic heterocycles. The maximum Gasteiger partial charge on any atom is 0.206 e. The second-order valence-corrected chi connectivity index (χ2v) is 6.96. The summed E-state index contributed by atoms with van der Waals surface area (Å²) in [7, 11) is -3.59. The number of hydrogen-bond acceptors (Lipinski definition) is 6. The number of aromatic hydroxyl groups is 4. The molecule has 130 valence electrons. The Labute approximate surface area is 144 Å². The summed E-state index contributed by atoms with van der Waals surface area (Å²) in [5.41, 5.74) is 0. The molecule has 0 aromatic heterocycles. The molecular formula is C18H16O6S. The van der Waals surface area contributed by atoms with Crippen LogP contribution in [-0.4, -0.2) is 28.8 Å². The summed E-state index contributed by atoms with van der Waals surface area (Å²) < 4.78 is 24.2. The predicted molar refractivity (Wildman–Crippen MR) is 91.4 cm³/mol. The molecule has 3 aromatic rings. The Hall–Kier alpha value is -3.19. The van der Waals surface area contributed by atoms with Crippen LogP contribution in [0.5, 0.6) is 23.0 Å². The summed E-state index contributed by atoms with van der Waals surface area (Å²) in [6.45, 7) is 0. The molecule has 25 heavy (non-hydrogen) atoms. The molecule has 0 aliphatic carbocycles. The van der Waals surface area contributed by atoms with E-state index in [1.807, 2.05) is 0 Å². The second kappa shape index (κ2) is 7.59. The summed E-state index contributed by atoms with van der Waals surface area (Å²) in [5, 5.41) is 35.5. The Balaban J connectivity index is 0.000000236. The number of phenols is 4. The minimum Gasteiger partial charge on any atom is -0.508 e. The van der Waals surface area contributed by atoms with Gasteiger partial charge in [-0.2, -0.15) is 0 Å². The van der Waals surface area contributed by atoms with Gasteiger partial charge in [-0.15, -0.1) is 0 Å². The van der Waals surface area contributed by atoms with Crippen molar-refractivity contribution in [2.45, 2.75) is 9.79 Å². The molecular weight excluding hydrogens is 344 g/mol. The summed E-state index contributed by atoms with van der Waals surface area (Å²) in [6.07, 6.45) is 0. The standard InChI is InChI=1S/C12H10O4S.C6H6O2/c13-9-1-5-11(6-2-9)17(15,16)12-7-3-10(14)4-8-12;7-5-1-2-6(8)4-3-5/h1-8,13-14H;1-4,7-8H. The first-order valence-corrected chi connectivity index (χ1v) is 8.58. The van der Waals surface area contributed by atoms with Crippen LogP contribution < -0.4 is 0 Å². The third-order valence-corrected chi connectivity index (χ3v) is 4.93. The van der Waals surface area contributed by atoms with E-state index in [1.54, 1.807) is 0 Å². The van der Waals surface area contributed by atoms with E-state index in [0.29, 0.717) is 0 Å². The van der Waals surface area contributed by atoms with Gasteiger partial charge in [0.25, 0.3) is 0 Å². The van der Waals surface area contributed by atoms with Crippen molar-refractivity contribution >= 4 is 9.84 Å². The second-order valence-electron chi connectivity index (χ2n) is 5.01. The number of hydrogen-bond donors (Lipinski definition) is 4. The largest absolute Gasteiger partial charge is 0.508 e. The van der Waals surface area contributed by atoms with Gasteiger partial charge in [-0.05, 0) is 72.8 Å². The van der Waals surface area contributed by atoms with Crippen molar-refractivity contribution < 1.29 is 28.8 Å². The smallest absolute Gasteiger partial charge is 0.206 e. The fourth-order valence-corrected chi connectivity index (χ4v) is 3.10. The molecule has 0 atom stereocenters.